The van der Waals surface area contributed by atoms with Gasteiger partial charge in [-0.25, -0.2) is 4.98 Å². The first kappa shape index (κ1) is 16.4. The lowest BCUT2D eigenvalue weighted by molar-refractivity contribution is 0.0715. The monoisotopic (exact) mass is 344 g/mol. The van der Waals surface area contributed by atoms with E-state index in [0.29, 0.717) is 48.9 Å². The van der Waals surface area contributed by atoms with Crippen LogP contribution >= 0.6 is 11.6 Å². The van der Waals surface area contributed by atoms with Gasteiger partial charge in [0.25, 0.3) is 11.8 Å². The van der Waals surface area contributed by atoms with Gasteiger partial charge in [-0.3, -0.25) is 14.6 Å². The van der Waals surface area contributed by atoms with E-state index in [4.69, 9.17) is 11.6 Å². The maximum atomic E-state index is 12.6. The van der Waals surface area contributed by atoms with Crippen molar-refractivity contribution in [2.24, 2.45) is 0 Å². The largest absolute Gasteiger partial charge is 0.337 e. The van der Waals surface area contributed by atoms with E-state index >= 15 is 0 Å². The van der Waals surface area contributed by atoms with Crippen LogP contribution in [0.1, 0.15) is 27.3 Å². The molecule has 1 aromatic carbocycles. The highest BCUT2D eigenvalue weighted by molar-refractivity contribution is 6.33. The van der Waals surface area contributed by atoms with Crippen LogP contribution in [0.15, 0.2) is 42.9 Å². The van der Waals surface area contributed by atoms with Crippen LogP contribution < -0.4 is 0 Å². The third-order valence-corrected chi connectivity index (χ3v) is 4.29. The molecule has 6 nitrogen and oxygen atoms in total. The van der Waals surface area contributed by atoms with E-state index in [-0.39, 0.29) is 11.8 Å². The topological polar surface area (TPSA) is 66.4 Å². The Morgan fingerprint density at radius 3 is 2.33 bits per heavy atom. The van der Waals surface area contributed by atoms with Crippen LogP contribution in [0.25, 0.3) is 0 Å². The van der Waals surface area contributed by atoms with E-state index in [9.17, 15) is 9.59 Å². The molecule has 7 heteroatoms. The Labute approximate surface area is 145 Å². The minimum absolute atomic E-state index is 0.102. The predicted octanol–water partition coefficient (Wildman–Crippen LogP) is 2.12. The van der Waals surface area contributed by atoms with Gasteiger partial charge in [-0.05, 0) is 18.6 Å². The number of hydrogen-bond acceptors (Lipinski definition) is 4. The Morgan fingerprint density at radius 1 is 0.958 bits per heavy atom. The molecular formula is C17H17ClN4O2. The first-order valence-corrected chi connectivity index (χ1v) is 8.13. The molecule has 1 fully saturated rings. The Hall–Kier alpha value is -2.47. The third-order valence-electron chi connectivity index (χ3n) is 3.96. The number of nitrogens with zero attached hydrogens (tertiary/aromatic N) is 4. The lowest BCUT2D eigenvalue weighted by Crippen LogP contribution is -2.37. The van der Waals surface area contributed by atoms with Gasteiger partial charge in [-0.15, -0.1) is 0 Å². The molecule has 0 atom stereocenters. The number of halogens is 1. The molecule has 0 bridgehead atoms. The molecule has 0 N–H and O–H groups in total. The molecule has 0 radical (unpaired) electrons. The smallest absolute Gasteiger partial charge is 0.274 e. The lowest BCUT2D eigenvalue weighted by atomic mass is 10.2. The van der Waals surface area contributed by atoms with E-state index < -0.39 is 0 Å². The zero-order chi connectivity index (χ0) is 16.9. The van der Waals surface area contributed by atoms with Crippen LogP contribution in [0.2, 0.25) is 5.02 Å². The molecule has 0 unspecified atom stereocenters. The fourth-order valence-electron chi connectivity index (χ4n) is 2.70. The highest BCUT2D eigenvalue weighted by Crippen LogP contribution is 2.18. The molecule has 0 saturated carbocycles. The zero-order valence-corrected chi connectivity index (χ0v) is 13.8. The molecule has 0 aliphatic carbocycles. The second-order valence-corrected chi connectivity index (χ2v) is 5.92. The second kappa shape index (κ2) is 7.40. The molecule has 3 rings (SSSR count). The highest BCUT2D eigenvalue weighted by atomic mass is 35.5. The van der Waals surface area contributed by atoms with Crippen molar-refractivity contribution in [3.05, 3.63) is 59.1 Å². The standard InChI is InChI=1S/C17H17ClN4O2/c18-14-5-2-1-4-13(14)16(23)21-8-3-9-22(11-10-21)17(24)15-12-19-6-7-20-15/h1-2,4-7,12H,3,8-11H2. The third kappa shape index (κ3) is 3.54. The van der Waals surface area contributed by atoms with Gasteiger partial charge in [0.2, 0.25) is 0 Å². The number of carbonyl (C=O) groups is 2. The average molecular weight is 345 g/mol. The fraction of sp³-hybridized carbons (Fsp3) is 0.294. The summed E-state index contributed by atoms with van der Waals surface area (Å²) in [6.45, 7) is 2.11. The van der Waals surface area contributed by atoms with Crippen molar-refractivity contribution >= 4 is 23.4 Å². The molecule has 1 aliphatic heterocycles. The van der Waals surface area contributed by atoms with Crippen LogP contribution in [-0.4, -0.2) is 57.8 Å². The van der Waals surface area contributed by atoms with E-state index in [1.54, 1.807) is 34.1 Å². The van der Waals surface area contributed by atoms with Crippen LogP contribution in [0.3, 0.4) is 0 Å². The van der Waals surface area contributed by atoms with Gasteiger partial charge in [-0.2, -0.15) is 0 Å². The van der Waals surface area contributed by atoms with E-state index in [2.05, 4.69) is 9.97 Å². The van der Waals surface area contributed by atoms with Gasteiger partial charge in [-0.1, -0.05) is 23.7 Å². The molecular weight excluding hydrogens is 328 g/mol. The van der Waals surface area contributed by atoms with Gasteiger partial charge >= 0.3 is 0 Å². The van der Waals surface area contributed by atoms with Crippen molar-refractivity contribution in [2.75, 3.05) is 26.2 Å². The van der Waals surface area contributed by atoms with Crippen molar-refractivity contribution < 1.29 is 9.59 Å². The van der Waals surface area contributed by atoms with Crippen molar-refractivity contribution in [1.82, 2.24) is 19.8 Å². The van der Waals surface area contributed by atoms with E-state index in [1.165, 1.54) is 18.6 Å². The molecule has 2 heterocycles. The Kier molecular flexibility index (Phi) is 5.05. The molecule has 0 spiro atoms. The number of benzene rings is 1. The SMILES string of the molecule is O=C(c1cnccn1)N1CCCN(C(=O)c2ccccc2Cl)CC1. The molecule has 1 aliphatic rings. The summed E-state index contributed by atoms with van der Waals surface area (Å²) >= 11 is 6.11. The lowest BCUT2D eigenvalue weighted by Gasteiger charge is -2.22. The van der Waals surface area contributed by atoms with Gasteiger partial charge in [0.1, 0.15) is 5.69 Å². The van der Waals surface area contributed by atoms with Gasteiger partial charge in [0, 0.05) is 38.6 Å². The minimum Gasteiger partial charge on any atom is -0.337 e. The molecule has 24 heavy (non-hydrogen) atoms. The summed E-state index contributed by atoms with van der Waals surface area (Å²) in [5.74, 6) is -0.260. The summed E-state index contributed by atoms with van der Waals surface area (Å²) in [6.07, 6.45) is 5.20. The molecule has 124 valence electrons. The number of aromatic nitrogens is 2. The number of carbonyl (C=O) groups excluding carboxylic acids is 2. The van der Waals surface area contributed by atoms with E-state index in [0.717, 1.165) is 0 Å². The van der Waals surface area contributed by atoms with Crippen molar-refractivity contribution in [1.29, 1.82) is 0 Å². The Morgan fingerprint density at radius 2 is 1.67 bits per heavy atom. The maximum Gasteiger partial charge on any atom is 0.274 e. The molecule has 1 aromatic heterocycles. The first-order chi connectivity index (χ1) is 11.7. The van der Waals surface area contributed by atoms with Crippen LogP contribution in [-0.2, 0) is 0 Å². The molecule has 2 amide bonds. The zero-order valence-electron chi connectivity index (χ0n) is 13.1. The van der Waals surface area contributed by atoms with E-state index in [1.807, 2.05) is 0 Å². The summed E-state index contributed by atoms with van der Waals surface area (Å²) in [5.41, 5.74) is 0.816. The average Bonchev–Trinajstić information content (AvgIpc) is 2.88. The highest BCUT2D eigenvalue weighted by Gasteiger charge is 2.24. The minimum atomic E-state index is -0.157. The van der Waals surface area contributed by atoms with Crippen molar-refractivity contribution in [3.63, 3.8) is 0 Å². The summed E-state index contributed by atoms with van der Waals surface area (Å²) < 4.78 is 0. The predicted molar refractivity (Wildman–Crippen MR) is 89.9 cm³/mol. The molecule has 1 saturated heterocycles. The Bertz CT molecular complexity index is 738. The summed E-state index contributed by atoms with van der Waals surface area (Å²) in [7, 11) is 0. The maximum absolute atomic E-state index is 12.6. The van der Waals surface area contributed by atoms with Crippen molar-refractivity contribution in [3.8, 4) is 0 Å². The molecule has 2 aromatic rings. The van der Waals surface area contributed by atoms with Gasteiger partial charge in [0.05, 0.1) is 16.8 Å². The first-order valence-electron chi connectivity index (χ1n) is 7.76. The quantitative estimate of drug-likeness (QED) is 0.837. The number of amides is 2. The fourth-order valence-corrected chi connectivity index (χ4v) is 2.92. The van der Waals surface area contributed by atoms with Gasteiger partial charge in [0.15, 0.2) is 0 Å². The summed E-state index contributed by atoms with van der Waals surface area (Å²) in [5, 5.41) is 0.444. The van der Waals surface area contributed by atoms with Crippen LogP contribution in [0.5, 0.6) is 0 Å². The van der Waals surface area contributed by atoms with Crippen LogP contribution in [0, 0.1) is 0 Å². The Balaban J connectivity index is 1.68. The van der Waals surface area contributed by atoms with Crippen LogP contribution in [0.4, 0.5) is 0 Å². The normalized spacial score (nSPS) is 15.0. The number of rotatable bonds is 2. The number of hydrogen-bond donors (Lipinski definition) is 0. The van der Waals surface area contributed by atoms with Gasteiger partial charge < -0.3 is 9.80 Å². The second-order valence-electron chi connectivity index (χ2n) is 5.51. The summed E-state index contributed by atoms with van der Waals surface area (Å²) in [4.78, 5) is 36.5. The summed E-state index contributed by atoms with van der Waals surface area (Å²) in [6, 6.07) is 7.01. The van der Waals surface area contributed by atoms with Crippen molar-refractivity contribution in [2.45, 2.75) is 6.42 Å².